The molecule has 1 atom stereocenters. The number of nitrogens with zero attached hydrogens (tertiary/aromatic N) is 2. The van der Waals surface area contributed by atoms with Crippen molar-refractivity contribution in [2.75, 3.05) is 11.5 Å². The van der Waals surface area contributed by atoms with Gasteiger partial charge in [-0.25, -0.2) is 18.4 Å². The van der Waals surface area contributed by atoms with Gasteiger partial charge in [-0.2, -0.15) is 0 Å². The number of hydrogen-bond donors (Lipinski definition) is 0. The van der Waals surface area contributed by atoms with Gasteiger partial charge in [-0.3, -0.25) is 0 Å². The van der Waals surface area contributed by atoms with Gasteiger partial charge in [-0.05, 0) is 19.4 Å². The van der Waals surface area contributed by atoms with E-state index < -0.39 is 9.84 Å². The van der Waals surface area contributed by atoms with Crippen LogP contribution in [-0.4, -0.2) is 35.1 Å². The van der Waals surface area contributed by atoms with E-state index in [0.717, 1.165) is 5.69 Å². The van der Waals surface area contributed by atoms with Crippen LogP contribution in [0.1, 0.15) is 12.1 Å². The smallest absolute Gasteiger partial charge is 0.188 e. The van der Waals surface area contributed by atoms with E-state index in [9.17, 15) is 8.42 Å². The number of aromatic nitrogens is 2. The highest BCUT2D eigenvalue weighted by Gasteiger charge is 2.29. The normalized spacial score (nSPS) is 24.2. The Morgan fingerprint density at radius 2 is 2.33 bits per heavy atom. The molecule has 0 bridgehead atoms. The number of hydrogen-bond acceptors (Lipinski definition) is 5. The van der Waals surface area contributed by atoms with E-state index in [1.54, 1.807) is 6.20 Å². The average molecular weight is 244 g/mol. The molecule has 1 fully saturated rings. The summed E-state index contributed by atoms with van der Waals surface area (Å²) in [5, 5.41) is 0.800. The molecule has 1 saturated heterocycles. The predicted octanol–water partition coefficient (Wildman–Crippen LogP) is 1.06. The Morgan fingerprint density at radius 1 is 1.53 bits per heavy atom. The first kappa shape index (κ1) is 10.9. The minimum absolute atomic E-state index is 0.122. The molecule has 0 amide bonds. The minimum Gasteiger partial charge on any atom is -0.231 e. The molecule has 82 valence electrons. The monoisotopic (exact) mass is 244 g/mol. The second-order valence-electron chi connectivity index (χ2n) is 3.62. The lowest BCUT2D eigenvalue weighted by Crippen LogP contribution is -2.07. The summed E-state index contributed by atoms with van der Waals surface area (Å²) in [5.74, 6) is 0.561. The van der Waals surface area contributed by atoms with Crippen LogP contribution in [0.2, 0.25) is 0 Å². The van der Waals surface area contributed by atoms with E-state index in [1.165, 1.54) is 11.8 Å². The summed E-state index contributed by atoms with van der Waals surface area (Å²) in [5.41, 5.74) is 0.911. The van der Waals surface area contributed by atoms with Crippen LogP contribution < -0.4 is 0 Å². The van der Waals surface area contributed by atoms with Gasteiger partial charge in [0.15, 0.2) is 15.0 Å². The molecule has 1 aromatic heterocycles. The van der Waals surface area contributed by atoms with Crippen LogP contribution in [0.3, 0.4) is 0 Å². The molecule has 4 nitrogen and oxygen atoms in total. The lowest BCUT2D eigenvalue weighted by atomic mass is 10.4. The van der Waals surface area contributed by atoms with E-state index >= 15 is 0 Å². The van der Waals surface area contributed by atoms with Crippen molar-refractivity contribution in [1.29, 1.82) is 0 Å². The second-order valence-corrected chi connectivity index (χ2v) is 7.12. The molecule has 0 spiro atoms. The lowest BCUT2D eigenvalue weighted by molar-refractivity contribution is 0.602. The second kappa shape index (κ2) is 4.09. The van der Waals surface area contributed by atoms with Gasteiger partial charge in [-0.1, -0.05) is 11.8 Å². The Balaban J connectivity index is 2.05. The summed E-state index contributed by atoms with van der Waals surface area (Å²) in [6.07, 6.45) is 2.42. The molecule has 2 rings (SSSR count). The van der Waals surface area contributed by atoms with Crippen molar-refractivity contribution >= 4 is 21.6 Å². The third-order valence-electron chi connectivity index (χ3n) is 2.24. The quantitative estimate of drug-likeness (QED) is 0.728. The van der Waals surface area contributed by atoms with Gasteiger partial charge in [0.05, 0.1) is 11.5 Å². The van der Waals surface area contributed by atoms with E-state index in [-0.39, 0.29) is 11.0 Å². The maximum absolute atomic E-state index is 11.2. The fourth-order valence-corrected chi connectivity index (χ4v) is 4.92. The first-order valence-electron chi connectivity index (χ1n) is 4.72. The van der Waals surface area contributed by atoms with Crippen molar-refractivity contribution in [3.63, 3.8) is 0 Å². The van der Waals surface area contributed by atoms with E-state index in [4.69, 9.17) is 0 Å². The molecule has 0 aromatic carbocycles. The number of sulfone groups is 1. The van der Waals surface area contributed by atoms with Gasteiger partial charge in [0.25, 0.3) is 0 Å². The number of thioether (sulfide) groups is 1. The Kier molecular flexibility index (Phi) is 2.97. The molecule has 2 heterocycles. The molecule has 0 radical (unpaired) electrons. The SMILES string of the molecule is Cc1ccnc(S[C@@H]2CCS(=O)(=O)C2)n1. The highest BCUT2D eigenvalue weighted by atomic mass is 32.2. The van der Waals surface area contributed by atoms with Crippen LogP contribution in [0.4, 0.5) is 0 Å². The molecule has 1 aliphatic heterocycles. The lowest BCUT2D eigenvalue weighted by Gasteiger charge is -2.05. The third kappa shape index (κ3) is 2.92. The molecule has 1 aromatic rings. The van der Waals surface area contributed by atoms with Gasteiger partial charge < -0.3 is 0 Å². The fraction of sp³-hybridized carbons (Fsp3) is 0.556. The molecule has 6 heteroatoms. The van der Waals surface area contributed by atoms with Crippen LogP contribution in [-0.2, 0) is 9.84 Å². The Hall–Kier alpha value is -0.620. The Morgan fingerprint density at radius 3 is 2.93 bits per heavy atom. The van der Waals surface area contributed by atoms with E-state index in [0.29, 0.717) is 17.3 Å². The molecule has 0 saturated carbocycles. The Labute approximate surface area is 93.4 Å². The van der Waals surface area contributed by atoms with Crippen LogP contribution in [0.25, 0.3) is 0 Å². The highest BCUT2D eigenvalue weighted by molar-refractivity contribution is 8.01. The average Bonchev–Trinajstić information content (AvgIpc) is 2.45. The Bertz CT molecular complexity index is 459. The molecular weight excluding hydrogens is 232 g/mol. The van der Waals surface area contributed by atoms with Crippen molar-refractivity contribution in [3.8, 4) is 0 Å². The summed E-state index contributed by atoms with van der Waals surface area (Å²) in [6.45, 7) is 1.90. The number of aryl methyl sites for hydroxylation is 1. The molecule has 15 heavy (non-hydrogen) atoms. The van der Waals surface area contributed by atoms with Crippen LogP contribution >= 0.6 is 11.8 Å². The summed E-state index contributed by atoms with van der Waals surface area (Å²) in [4.78, 5) is 8.35. The van der Waals surface area contributed by atoms with Gasteiger partial charge >= 0.3 is 0 Å². The van der Waals surface area contributed by atoms with Crippen LogP contribution in [0.15, 0.2) is 17.4 Å². The topological polar surface area (TPSA) is 59.9 Å². The van der Waals surface area contributed by atoms with Crippen molar-refractivity contribution < 1.29 is 8.42 Å². The summed E-state index contributed by atoms with van der Waals surface area (Å²) < 4.78 is 22.5. The first-order chi connectivity index (χ1) is 7.05. The molecule has 1 aliphatic rings. The largest absolute Gasteiger partial charge is 0.231 e. The van der Waals surface area contributed by atoms with E-state index in [1.807, 2.05) is 13.0 Å². The maximum atomic E-state index is 11.2. The van der Waals surface area contributed by atoms with Gasteiger partial charge in [0, 0.05) is 17.1 Å². The van der Waals surface area contributed by atoms with Crippen LogP contribution in [0.5, 0.6) is 0 Å². The van der Waals surface area contributed by atoms with Crippen molar-refractivity contribution in [2.45, 2.75) is 23.8 Å². The van der Waals surface area contributed by atoms with Crippen molar-refractivity contribution in [1.82, 2.24) is 9.97 Å². The summed E-state index contributed by atoms with van der Waals surface area (Å²) in [6, 6.07) is 1.83. The van der Waals surface area contributed by atoms with E-state index in [2.05, 4.69) is 9.97 Å². The zero-order chi connectivity index (χ0) is 10.9. The fourth-order valence-electron chi connectivity index (χ4n) is 1.49. The zero-order valence-corrected chi connectivity index (χ0v) is 10.0. The molecular formula is C9H12N2O2S2. The number of rotatable bonds is 2. The van der Waals surface area contributed by atoms with Crippen LogP contribution in [0, 0.1) is 6.92 Å². The first-order valence-corrected chi connectivity index (χ1v) is 7.42. The van der Waals surface area contributed by atoms with Gasteiger partial charge in [0.2, 0.25) is 0 Å². The molecule has 0 unspecified atom stereocenters. The summed E-state index contributed by atoms with van der Waals surface area (Å²) >= 11 is 1.47. The van der Waals surface area contributed by atoms with Crippen molar-refractivity contribution in [2.24, 2.45) is 0 Å². The summed E-state index contributed by atoms with van der Waals surface area (Å²) in [7, 11) is -2.80. The predicted molar refractivity (Wildman–Crippen MR) is 59.7 cm³/mol. The van der Waals surface area contributed by atoms with Gasteiger partial charge in [0.1, 0.15) is 0 Å². The van der Waals surface area contributed by atoms with Crippen molar-refractivity contribution in [3.05, 3.63) is 18.0 Å². The van der Waals surface area contributed by atoms with Gasteiger partial charge in [-0.15, -0.1) is 0 Å². The maximum Gasteiger partial charge on any atom is 0.188 e. The standard InChI is InChI=1S/C9H12N2O2S2/c1-7-2-4-10-9(11-7)14-8-3-5-15(12,13)6-8/h2,4,8H,3,5-6H2,1H3/t8-/m1/s1. The zero-order valence-electron chi connectivity index (χ0n) is 8.38. The highest BCUT2D eigenvalue weighted by Crippen LogP contribution is 2.28. The molecule has 0 N–H and O–H groups in total. The minimum atomic E-state index is -2.80. The third-order valence-corrected chi connectivity index (χ3v) is 5.36. The molecule has 0 aliphatic carbocycles.